The number of benzene rings is 1. The lowest BCUT2D eigenvalue weighted by Crippen LogP contribution is -2.36. The number of alkyl halides is 2. The Hall–Kier alpha value is -3.07. The fourth-order valence-electron chi connectivity index (χ4n) is 4.60. The van der Waals surface area contributed by atoms with Crippen molar-refractivity contribution in [2.75, 3.05) is 36.5 Å². The molecule has 7 nitrogen and oxygen atoms in total. The van der Waals surface area contributed by atoms with Gasteiger partial charge in [-0.05, 0) is 48.1 Å². The monoisotopic (exact) mass is 486 g/mol. The number of aromatic carboxylic acids is 1. The van der Waals surface area contributed by atoms with Crippen molar-refractivity contribution < 1.29 is 23.4 Å². The van der Waals surface area contributed by atoms with Gasteiger partial charge in [0.25, 0.3) is 0 Å². The molecule has 3 N–H and O–H groups in total. The molecule has 0 bridgehead atoms. The van der Waals surface area contributed by atoms with Gasteiger partial charge in [0.2, 0.25) is 5.92 Å². The largest absolute Gasteiger partial charge is 0.477 e. The zero-order valence-electron chi connectivity index (χ0n) is 20.1. The van der Waals surface area contributed by atoms with Gasteiger partial charge in [-0.2, -0.15) is 0 Å². The first-order valence-corrected chi connectivity index (χ1v) is 12.1. The average molecular weight is 487 g/mol. The van der Waals surface area contributed by atoms with E-state index in [4.69, 9.17) is 10.1 Å². The number of rotatable bonds is 7. The van der Waals surface area contributed by atoms with Gasteiger partial charge in [0, 0.05) is 48.9 Å². The summed E-state index contributed by atoms with van der Waals surface area (Å²) < 4.78 is 32.8. The van der Waals surface area contributed by atoms with Crippen molar-refractivity contribution in [3.63, 3.8) is 0 Å². The van der Waals surface area contributed by atoms with Crippen molar-refractivity contribution in [3.05, 3.63) is 41.6 Å². The van der Waals surface area contributed by atoms with E-state index in [1.54, 1.807) is 0 Å². The Bertz CT molecular complexity index is 1070. The zero-order chi connectivity index (χ0) is 25.2. The van der Waals surface area contributed by atoms with Crippen molar-refractivity contribution in [3.8, 4) is 11.1 Å². The Kier molecular flexibility index (Phi) is 7.35. The molecule has 0 radical (unpaired) electrons. The van der Waals surface area contributed by atoms with Crippen LogP contribution in [0.4, 0.5) is 20.3 Å². The molecule has 0 atom stereocenters. The number of morpholine rings is 1. The second kappa shape index (κ2) is 10.3. The molecular weight excluding hydrogens is 454 g/mol. The molecule has 0 unspecified atom stereocenters. The number of hydrogen-bond acceptors (Lipinski definition) is 6. The van der Waals surface area contributed by atoms with Crippen molar-refractivity contribution in [2.45, 2.75) is 51.5 Å². The maximum Gasteiger partial charge on any atom is 0.354 e. The van der Waals surface area contributed by atoms with Gasteiger partial charge in [-0.15, -0.1) is 0 Å². The Morgan fingerprint density at radius 2 is 1.83 bits per heavy atom. The molecule has 1 aliphatic carbocycles. The maximum absolute atomic E-state index is 13.7. The molecule has 1 aromatic heterocycles. The zero-order valence-corrected chi connectivity index (χ0v) is 20.1. The fourth-order valence-corrected chi connectivity index (χ4v) is 4.60. The molecule has 35 heavy (non-hydrogen) atoms. The molecule has 0 spiro atoms. The van der Waals surface area contributed by atoms with Crippen LogP contribution in [0, 0.1) is 11.3 Å². The van der Waals surface area contributed by atoms with Gasteiger partial charge in [-0.3, -0.25) is 0 Å². The van der Waals surface area contributed by atoms with E-state index in [0.717, 1.165) is 24.3 Å². The van der Waals surface area contributed by atoms with Gasteiger partial charge < -0.3 is 25.5 Å². The lowest BCUT2D eigenvalue weighted by molar-refractivity contribution is -0.0361. The van der Waals surface area contributed by atoms with Crippen LogP contribution in [0.15, 0.2) is 30.3 Å². The molecule has 1 saturated carbocycles. The van der Waals surface area contributed by atoms with Crippen LogP contribution in [0.2, 0.25) is 0 Å². The van der Waals surface area contributed by atoms with Crippen LogP contribution in [-0.2, 0) is 4.74 Å². The van der Waals surface area contributed by atoms with Gasteiger partial charge in [0.05, 0.1) is 13.2 Å². The summed E-state index contributed by atoms with van der Waals surface area (Å²) in [4.78, 5) is 18.5. The molecule has 0 amide bonds. The van der Waals surface area contributed by atoms with E-state index in [9.17, 15) is 18.7 Å². The number of ether oxygens (including phenoxy) is 1. The number of halogens is 2. The van der Waals surface area contributed by atoms with E-state index < -0.39 is 11.9 Å². The van der Waals surface area contributed by atoms with Crippen LogP contribution in [0.5, 0.6) is 0 Å². The number of carbonyl (C=O) groups is 1. The van der Waals surface area contributed by atoms with Gasteiger partial charge in [0.1, 0.15) is 5.82 Å². The van der Waals surface area contributed by atoms with E-state index in [1.165, 1.54) is 6.07 Å². The highest BCUT2D eigenvalue weighted by atomic mass is 19.3. The number of pyridine rings is 1. The Morgan fingerprint density at radius 1 is 1.20 bits per heavy atom. The quantitative estimate of drug-likeness (QED) is 0.460. The summed E-state index contributed by atoms with van der Waals surface area (Å²) in [5, 5.41) is 21.8. The van der Waals surface area contributed by atoms with Gasteiger partial charge in [-0.1, -0.05) is 26.0 Å². The summed E-state index contributed by atoms with van der Waals surface area (Å²) in [6.45, 7) is 6.73. The van der Waals surface area contributed by atoms with Crippen LogP contribution < -0.4 is 10.2 Å². The third kappa shape index (κ3) is 5.78. The van der Waals surface area contributed by atoms with E-state index in [2.05, 4.69) is 15.2 Å². The molecule has 188 valence electrons. The molecule has 2 aromatic rings. The van der Waals surface area contributed by atoms with Crippen LogP contribution >= 0.6 is 0 Å². The smallest absolute Gasteiger partial charge is 0.354 e. The summed E-state index contributed by atoms with van der Waals surface area (Å²) >= 11 is 0. The number of nitrogens with zero attached hydrogens (tertiary/aromatic N) is 2. The standard InChI is InChI=1S/C26H32F2N4O3/c1-16(2)23(29)22-20(17-3-5-19(6-4-17)32-11-13-35-14-12-32)15-21(25(33)34)31-24(22)30-18-7-9-26(27,28)10-8-18/h3-6,15-16,18,29H,7-14H2,1-2H3,(H,30,31)(H,33,34). The molecule has 1 aliphatic heterocycles. The molecule has 2 heterocycles. The first kappa shape index (κ1) is 25.0. The second-order valence-corrected chi connectivity index (χ2v) is 9.57. The Labute approximate surface area is 204 Å². The first-order valence-electron chi connectivity index (χ1n) is 12.1. The van der Waals surface area contributed by atoms with E-state index in [-0.39, 0.29) is 49.2 Å². The minimum Gasteiger partial charge on any atom is -0.477 e. The highest BCUT2D eigenvalue weighted by molar-refractivity contribution is 6.10. The van der Waals surface area contributed by atoms with Crippen LogP contribution in [0.25, 0.3) is 11.1 Å². The number of anilines is 2. The van der Waals surface area contributed by atoms with E-state index >= 15 is 0 Å². The lowest BCUT2D eigenvalue weighted by Gasteiger charge is -2.30. The summed E-state index contributed by atoms with van der Waals surface area (Å²) in [6, 6.07) is 9.06. The molecule has 9 heteroatoms. The van der Waals surface area contributed by atoms with Crippen molar-refractivity contribution >= 4 is 23.2 Å². The van der Waals surface area contributed by atoms with Crippen LogP contribution in [0.3, 0.4) is 0 Å². The second-order valence-electron chi connectivity index (χ2n) is 9.57. The maximum atomic E-state index is 13.7. The molecule has 1 aromatic carbocycles. The number of carboxylic acid groups (broad SMARTS) is 1. The van der Waals surface area contributed by atoms with Gasteiger partial charge in [-0.25, -0.2) is 18.6 Å². The van der Waals surface area contributed by atoms with Crippen LogP contribution in [0.1, 0.15) is 55.6 Å². The SMILES string of the molecule is CC(C)C(=N)c1c(-c2ccc(N3CCOCC3)cc2)cc(C(=O)O)nc1NC1CCC(F)(F)CC1. The number of nitrogens with one attached hydrogen (secondary N) is 2. The van der Waals surface area contributed by atoms with Crippen molar-refractivity contribution in [1.82, 2.24) is 4.98 Å². The van der Waals surface area contributed by atoms with Gasteiger partial charge >= 0.3 is 5.97 Å². The highest BCUT2D eigenvalue weighted by Crippen LogP contribution is 2.37. The number of carboxylic acids is 1. The van der Waals surface area contributed by atoms with E-state index in [1.807, 2.05) is 38.1 Å². The minimum absolute atomic E-state index is 0.143. The third-order valence-electron chi connectivity index (χ3n) is 6.70. The van der Waals surface area contributed by atoms with Crippen molar-refractivity contribution in [2.24, 2.45) is 5.92 Å². The summed E-state index contributed by atoms with van der Waals surface area (Å²) in [7, 11) is 0. The Balaban J connectivity index is 1.74. The molecular formula is C26H32F2N4O3. The highest BCUT2D eigenvalue weighted by Gasteiger charge is 2.35. The molecule has 2 fully saturated rings. The topological polar surface area (TPSA) is 98.5 Å². The number of hydrogen-bond donors (Lipinski definition) is 3. The predicted molar refractivity (Wildman–Crippen MR) is 132 cm³/mol. The fraction of sp³-hybridized carbons (Fsp3) is 0.500. The molecule has 4 rings (SSSR count). The normalized spacial score (nSPS) is 18.5. The Morgan fingerprint density at radius 3 is 2.40 bits per heavy atom. The lowest BCUT2D eigenvalue weighted by atomic mass is 9.89. The van der Waals surface area contributed by atoms with Crippen LogP contribution in [-0.4, -0.2) is 60.0 Å². The molecule has 2 aliphatic rings. The van der Waals surface area contributed by atoms with Gasteiger partial charge in [0.15, 0.2) is 5.69 Å². The first-order chi connectivity index (χ1) is 16.6. The van der Waals surface area contributed by atoms with Crippen molar-refractivity contribution in [1.29, 1.82) is 5.41 Å². The predicted octanol–water partition coefficient (Wildman–Crippen LogP) is 5.30. The third-order valence-corrected chi connectivity index (χ3v) is 6.70. The number of aromatic nitrogens is 1. The summed E-state index contributed by atoms with van der Waals surface area (Å²) in [5.41, 5.74) is 3.08. The summed E-state index contributed by atoms with van der Waals surface area (Å²) in [6.07, 6.45) is 0.0558. The molecule has 1 saturated heterocycles. The minimum atomic E-state index is -2.67. The summed E-state index contributed by atoms with van der Waals surface area (Å²) in [5.74, 6) is -3.73. The van der Waals surface area contributed by atoms with E-state index in [0.29, 0.717) is 30.1 Å². The average Bonchev–Trinajstić information content (AvgIpc) is 2.85.